The van der Waals surface area contributed by atoms with Crippen molar-refractivity contribution >= 4 is 21.8 Å². The van der Waals surface area contributed by atoms with Crippen LogP contribution in [0, 0.1) is 5.92 Å². The first-order valence-electron chi connectivity index (χ1n) is 12.6. The molecule has 2 heterocycles. The lowest BCUT2D eigenvalue weighted by Gasteiger charge is -2.36. The molecule has 0 radical (unpaired) electrons. The second kappa shape index (κ2) is 9.37. The first kappa shape index (κ1) is 22.8. The Labute approximate surface area is 197 Å². The third-order valence-electron chi connectivity index (χ3n) is 7.89. The van der Waals surface area contributed by atoms with Crippen LogP contribution in [-0.2, 0) is 19.6 Å². The van der Waals surface area contributed by atoms with Crippen molar-refractivity contribution in [2.45, 2.75) is 74.6 Å². The number of benzene rings is 1. The van der Waals surface area contributed by atoms with Gasteiger partial charge in [0.2, 0.25) is 21.8 Å². The smallest absolute Gasteiger partial charge is 0.245 e. The Morgan fingerprint density at radius 2 is 1.39 bits per heavy atom. The van der Waals surface area contributed by atoms with Gasteiger partial charge in [-0.3, -0.25) is 9.59 Å². The molecule has 180 valence electrons. The van der Waals surface area contributed by atoms with Crippen LogP contribution < -0.4 is 0 Å². The minimum Gasteiger partial charge on any atom is -0.338 e. The number of nitrogens with zero attached hydrogens (tertiary/aromatic N) is 3. The Morgan fingerprint density at radius 1 is 0.727 bits per heavy atom. The van der Waals surface area contributed by atoms with Gasteiger partial charge in [-0.05, 0) is 62.1 Å². The van der Waals surface area contributed by atoms with Crippen molar-refractivity contribution in [1.82, 2.24) is 14.1 Å². The van der Waals surface area contributed by atoms with Gasteiger partial charge >= 0.3 is 0 Å². The third kappa shape index (κ3) is 4.69. The average Bonchev–Trinajstić information content (AvgIpc) is 3.60. The summed E-state index contributed by atoms with van der Waals surface area (Å²) in [5.41, 5.74) is 1.24. The maximum absolute atomic E-state index is 13.2. The van der Waals surface area contributed by atoms with Crippen molar-refractivity contribution in [2.24, 2.45) is 5.92 Å². The highest BCUT2D eigenvalue weighted by molar-refractivity contribution is 7.89. The predicted molar refractivity (Wildman–Crippen MR) is 125 cm³/mol. The van der Waals surface area contributed by atoms with Gasteiger partial charge in [0.05, 0.1) is 4.90 Å². The minimum absolute atomic E-state index is 0.0182. The van der Waals surface area contributed by atoms with Gasteiger partial charge in [-0.15, -0.1) is 0 Å². The molecular formula is C25H35N3O4S. The molecule has 2 amide bonds. The van der Waals surface area contributed by atoms with E-state index in [1.54, 1.807) is 21.9 Å². The first-order valence-corrected chi connectivity index (χ1v) is 14.1. The highest BCUT2D eigenvalue weighted by Crippen LogP contribution is 2.35. The minimum atomic E-state index is -3.57. The number of carbonyl (C=O) groups is 2. The van der Waals surface area contributed by atoms with Gasteiger partial charge in [0.1, 0.15) is 6.04 Å². The zero-order valence-electron chi connectivity index (χ0n) is 19.3. The Bertz CT molecular complexity index is 975. The summed E-state index contributed by atoms with van der Waals surface area (Å²) in [5, 5.41) is 0. The predicted octanol–water partition coefficient (Wildman–Crippen LogP) is 2.97. The maximum Gasteiger partial charge on any atom is 0.245 e. The molecule has 0 N–H and O–H groups in total. The molecule has 8 heteroatoms. The summed E-state index contributed by atoms with van der Waals surface area (Å²) >= 11 is 0. The molecule has 33 heavy (non-hydrogen) atoms. The molecule has 0 aromatic heterocycles. The summed E-state index contributed by atoms with van der Waals surface area (Å²) in [6.07, 6.45) is 9.63. The van der Waals surface area contributed by atoms with Crippen LogP contribution in [0.25, 0.3) is 0 Å². The fraction of sp³-hybridized carbons (Fsp3) is 0.680. The standard InChI is InChI=1S/C25H35N3O4S/c29-24(21-8-9-21)28-14-4-7-23(28)25(30)26-15-17-27(18-16-26)33(31,32)22-12-10-20(11-13-22)19-5-2-1-3-6-19/h10-13,19,21,23H,1-9,14-18H2. The van der Waals surface area contributed by atoms with Crippen LogP contribution in [0.4, 0.5) is 0 Å². The molecule has 1 atom stereocenters. The van der Waals surface area contributed by atoms with Crippen LogP contribution in [0.2, 0.25) is 0 Å². The Hall–Kier alpha value is -1.93. The molecular weight excluding hydrogens is 438 g/mol. The van der Waals surface area contributed by atoms with Crippen molar-refractivity contribution in [1.29, 1.82) is 0 Å². The van der Waals surface area contributed by atoms with E-state index >= 15 is 0 Å². The SMILES string of the molecule is O=C(C1CCCN1C(=O)C1CC1)N1CCN(S(=O)(=O)c2ccc(C3CCCCC3)cc2)CC1. The lowest BCUT2D eigenvalue weighted by atomic mass is 9.84. The topological polar surface area (TPSA) is 78.0 Å². The molecule has 2 aliphatic carbocycles. The van der Waals surface area contributed by atoms with Gasteiger partial charge in [0.25, 0.3) is 0 Å². The number of likely N-dealkylation sites (tertiary alicyclic amines) is 1. The van der Waals surface area contributed by atoms with E-state index in [0.29, 0.717) is 50.0 Å². The quantitative estimate of drug-likeness (QED) is 0.659. The molecule has 0 bridgehead atoms. The van der Waals surface area contributed by atoms with Crippen LogP contribution in [-0.4, -0.2) is 73.1 Å². The molecule has 4 fully saturated rings. The Morgan fingerprint density at radius 3 is 2.03 bits per heavy atom. The van der Waals surface area contributed by atoms with E-state index in [1.807, 2.05) is 12.1 Å². The molecule has 2 saturated heterocycles. The Balaban J connectivity index is 1.19. The highest BCUT2D eigenvalue weighted by Gasteiger charge is 2.42. The summed E-state index contributed by atoms with van der Waals surface area (Å²) in [6, 6.07) is 7.09. The van der Waals surface area contributed by atoms with Gasteiger partial charge < -0.3 is 9.80 Å². The van der Waals surface area contributed by atoms with E-state index in [2.05, 4.69) is 0 Å². The summed E-state index contributed by atoms with van der Waals surface area (Å²) in [7, 11) is -3.57. The van der Waals surface area contributed by atoms with E-state index in [9.17, 15) is 18.0 Å². The number of carbonyl (C=O) groups excluding carboxylic acids is 2. The number of piperazine rings is 1. The molecule has 5 rings (SSSR count). The van der Waals surface area contributed by atoms with Gasteiger partial charge in [-0.1, -0.05) is 31.4 Å². The van der Waals surface area contributed by atoms with Crippen molar-refractivity contribution in [3.05, 3.63) is 29.8 Å². The average molecular weight is 474 g/mol. The van der Waals surface area contributed by atoms with Crippen LogP contribution in [0.3, 0.4) is 0 Å². The molecule has 1 unspecified atom stereocenters. The van der Waals surface area contributed by atoms with Gasteiger partial charge in [0, 0.05) is 38.6 Å². The first-order chi connectivity index (χ1) is 15.9. The monoisotopic (exact) mass is 473 g/mol. The Kier molecular flexibility index (Phi) is 6.49. The van der Waals surface area contributed by atoms with E-state index < -0.39 is 10.0 Å². The lowest BCUT2D eigenvalue weighted by molar-refractivity contribution is -0.145. The number of amides is 2. The largest absolute Gasteiger partial charge is 0.338 e. The second-order valence-electron chi connectivity index (χ2n) is 10.1. The van der Waals surface area contributed by atoms with Crippen molar-refractivity contribution in [2.75, 3.05) is 32.7 Å². The summed E-state index contributed by atoms with van der Waals surface area (Å²) < 4.78 is 27.9. The molecule has 2 aliphatic heterocycles. The normalized spacial score (nSPS) is 25.4. The van der Waals surface area contributed by atoms with Crippen molar-refractivity contribution in [3.63, 3.8) is 0 Å². The van der Waals surface area contributed by atoms with Gasteiger partial charge in [-0.2, -0.15) is 4.31 Å². The van der Waals surface area contributed by atoms with Crippen molar-refractivity contribution in [3.8, 4) is 0 Å². The highest BCUT2D eigenvalue weighted by atomic mass is 32.2. The zero-order chi connectivity index (χ0) is 23.0. The van der Waals surface area contributed by atoms with E-state index in [-0.39, 0.29) is 23.8 Å². The molecule has 0 spiro atoms. The van der Waals surface area contributed by atoms with Crippen LogP contribution in [0.5, 0.6) is 0 Å². The summed E-state index contributed by atoms with van der Waals surface area (Å²) in [6.45, 7) is 2.00. The molecule has 1 aromatic rings. The number of sulfonamides is 1. The second-order valence-corrected chi connectivity index (χ2v) is 12.0. The summed E-state index contributed by atoms with van der Waals surface area (Å²) in [5.74, 6) is 0.774. The zero-order valence-corrected chi connectivity index (χ0v) is 20.1. The molecule has 2 saturated carbocycles. The lowest BCUT2D eigenvalue weighted by Crippen LogP contribution is -2.55. The van der Waals surface area contributed by atoms with E-state index in [4.69, 9.17) is 0 Å². The van der Waals surface area contributed by atoms with Crippen LogP contribution >= 0.6 is 0 Å². The molecule has 7 nitrogen and oxygen atoms in total. The van der Waals surface area contributed by atoms with Crippen LogP contribution in [0.15, 0.2) is 29.2 Å². The fourth-order valence-electron chi connectivity index (χ4n) is 5.71. The number of hydrogen-bond donors (Lipinski definition) is 0. The molecule has 1 aromatic carbocycles. The van der Waals surface area contributed by atoms with Gasteiger partial charge in [-0.25, -0.2) is 8.42 Å². The number of rotatable bonds is 5. The van der Waals surface area contributed by atoms with Crippen molar-refractivity contribution < 1.29 is 18.0 Å². The maximum atomic E-state index is 13.2. The number of hydrogen-bond acceptors (Lipinski definition) is 4. The van der Waals surface area contributed by atoms with E-state index in [0.717, 1.165) is 19.3 Å². The van der Waals surface area contributed by atoms with Crippen LogP contribution in [0.1, 0.15) is 69.3 Å². The summed E-state index contributed by atoms with van der Waals surface area (Å²) in [4.78, 5) is 29.5. The van der Waals surface area contributed by atoms with E-state index in [1.165, 1.54) is 42.0 Å². The van der Waals surface area contributed by atoms with Gasteiger partial charge in [0.15, 0.2) is 0 Å². The molecule has 4 aliphatic rings. The fourth-order valence-corrected chi connectivity index (χ4v) is 7.13. The third-order valence-corrected chi connectivity index (χ3v) is 9.81.